The summed E-state index contributed by atoms with van der Waals surface area (Å²) in [5.41, 5.74) is 5.78. The average Bonchev–Trinajstić information content (AvgIpc) is 2.75. The molecule has 5 nitrogen and oxygen atoms in total. The van der Waals surface area contributed by atoms with Crippen molar-refractivity contribution in [3.05, 3.63) is 68.6 Å². The van der Waals surface area contributed by atoms with Gasteiger partial charge >= 0.3 is 5.63 Å². The van der Waals surface area contributed by atoms with Gasteiger partial charge in [0.1, 0.15) is 23.8 Å². The Hall–Kier alpha value is -2.79. The van der Waals surface area contributed by atoms with E-state index in [1.54, 1.807) is 7.11 Å². The Labute approximate surface area is 169 Å². The predicted molar refractivity (Wildman–Crippen MR) is 112 cm³/mol. The van der Waals surface area contributed by atoms with Gasteiger partial charge in [-0.3, -0.25) is 4.90 Å². The second kappa shape index (κ2) is 7.23. The Bertz CT molecular complexity index is 1150. The summed E-state index contributed by atoms with van der Waals surface area (Å²) >= 11 is 0. The molecule has 0 amide bonds. The van der Waals surface area contributed by atoms with Gasteiger partial charge in [0.25, 0.3) is 0 Å². The lowest BCUT2D eigenvalue weighted by molar-refractivity contribution is 0.0874. The number of nitrogens with zero attached hydrogens (tertiary/aromatic N) is 1. The van der Waals surface area contributed by atoms with Crippen LogP contribution in [0.5, 0.6) is 11.5 Å². The van der Waals surface area contributed by atoms with Gasteiger partial charge in [0.2, 0.25) is 0 Å². The molecule has 0 unspecified atom stereocenters. The average molecular weight is 391 g/mol. The van der Waals surface area contributed by atoms with E-state index in [0.29, 0.717) is 12.3 Å². The fraction of sp³-hybridized carbons (Fsp3) is 0.375. The molecular formula is C24H25NO4. The van der Waals surface area contributed by atoms with Crippen LogP contribution in [0, 0.1) is 6.92 Å². The molecule has 2 aliphatic rings. The highest BCUT2D eigenvalue weighted by Gasteiger charge is 2.26. The maximum atomic E-state index is 12.5. The minimum atomic E-state index is -0.177. The van der Waals surface area contributed by atoms with Gasteiger partial charge in [-0.2, -0.15) is 0 Å². The zero-order valence-electron chi connectivity index (χ0n) is 16.9. The van der Waals surface area contributed by atoms with Gasteiger partial charge in [-0.05, 0) is 50.3 Å². The highest BCUT2D eigenvalue weighted by Crippen LogP contribution is 2.38. The fourth-order valence-corrected chi connectivity index (χ4v) is 4.73. The van der Waals surface area contributed by atoms with Crippen molar-refractivity contribution in [3.8, 4) is 11.5 Å². The van der Waals surface area contributed by atoms with Gasteiger partial charge < -0.3 is 13.9 Å². The van der Waals surface area contributed by atoms with Gasteiger partial charge in [0.15, 0.2) is 0 Å². The standard InChI is InChI=1S/C24H25NO4/c1-15-22-17(11-20-18-8-4-5-9-19(18)24(26)29-23(15)20)13-25(14-28-22)12-16-7-3-6-10-21(16)27-2/h3,6-7,10-11H,4-5,8-9,12-14H2,1-2H3. The van der Waals surface area contributed by atoms with Crippen LogP contribution in [0.2, 0.25) is 0 Å². The zero-order valence-corrected chi connectivity index (χ0v) is 16.9. The first kappa shape index (κ1) is 18.3. The van der Waals surface area contributed by atoms with E-state index >= 15 is 0 Å². The summed E-state index contributed by atoms with van der Waals surface area (Å²) in [5.74, 6) is 1.75. The number of hydrogen-bond acceptors (Lipinski definition) is 5. The molecule has 150 valence electrons. The van der Waals surface area contributed by atoms with E-state index in [-0.39, 0.29) is 5.63 Å². The third kappa shape index (κ3) is 3.10. The summed E-state index contributed by atoms with van der Waals surface area (Å²) in [6.07, 6.45) is 3.95. The molecule has 2 aromatic carbocycles. The van der Waals surface area contributed by atoms with Crippen LogP contribution in [0.3, 0.4) is 0 Å². The lowest BCUT2D eigenvalue weighted by Gasteiger charge is -2.31. The highest BCUT2D eigenvalue weighted by atomic mass is 16.5. The van der Waals surface area contributed by atoms with Crippen LogP contribution < -0.4 is 15.1 Å². The quantitative estimate of drug-likeness (QED) is 0.622. The highest BCUT2D eigenvalue weighted by molar-refractivity contribution is 5.87. The Morgan fingerprint density at radius 3 is 2.76 bits per heavy atom. The predicted octanol–water partition coefficient (Wildman–Crippen LogP) is 4.34. The summed E-state index contributed by atoms with van der Waals surface area (Å²) in [7, 11) is 1.70. The molecular weight excluding hydrogens is 366 g/mol. The molecule has 5 rings (SSSR count). The Morgan fingerprint density at radius 1 is 1.14 bits per heavy atom. The lowest BCUT2D eigenvalue weighted by atomic mass is 9.89. The summed E-state index contributed by atoms with van der Waals surface area (Å²) in [6.45, 7) is 4.03. The number of fused-ring (bicyclic) bond motifs is 4. The maximum absolute atomic E-state index is 12.5. The van der Waals surface area contributed by atoms with E-state index < -0.39 is 0 Å². The van der Waals surface area contributed by atoms with Gasteiger partial charge in [0, 0.05) is 40.7 Å². The van der Waals surface area contributed by atoms with Crippen LogP contribution in [0.4, 0.5) is 0 Å². The van der Waals surface area contributed by atoms with Gasteiger partial charge in [-0.15, -0.1) is 0 Å². The van der Waals surface area contributed by atoms with E-state index in [9.17, 15) is 4.79 Å². The third-order valence-electron chi connectivity index (χ3n) is 6.14. The molecule has 0 radical (unpaired) electrons. The molecule has 2 heterocycles. The number of aryl methyl sites for hydroxylation is 2. The van der Waals surface area contributed by atoms with Crippen molar-refractivity contribution in [2.24, 2.45) is 0 Å². The van der Waals surface area contributed by atoms with Crippen molar-refractivity contribution in [3.63, 3.8) is 0 Å². The van der Waals surface area contributed by atoms with Crippen LogP contribution in [0.25, 0.3) is 11.0 Å². The molecule has 29 heavy (non-hydrogen) atoms. The van der Waals surface area contributed by atoms with Crippen LogP contribution >= 0.6 is 0 Å². The summed E-state index contributed by atoms with van der Waals surface area (Å²) in [6, 6.07) is 10.3. The minimum absolute atomic E-state index is 0.177. The molecule has 5 heteroatoms. The summed E-state index contributed by atoms with van der Waals surface area (Å²) < 4.78 is 17.4. The van der Waals surface area contributed by atoms with E-state index in [1.807, 2.05) is 25.1 Å². The molecule has 0 bridgehead atoms. The molecule has 0 saturated heterocycles. The lowest BCUT2D eigenvalue weighted by Crippen LogP contribution is -2.32. The monoisotopic (exact) mass is 391 g/mol. The molecule has 0 atom stereocenters. The first-order valence-corrected chi connectivity index (χ1v) is 10.2. The summed E-state index contributed by atoms with van der Waals surface area (Å²) in [5, 5.41) is 1.08. The number of rotatable bonds is 3. The fourth-order valence-electron chi connectivity index (χ4n) is 4.73. The molecule has 0 N–H and O–H groups in total. The Balaban J connectivity index is 1.54. The van der Waals surface area contributed by atoms with E-state index in [4.69, 9.17) is 13.9 Å². The van der Waals surface area contributed by atoms with E-state index in [1.165, 1.54) is 5.56 Å². The second-order valence-electron chi connectivity index (χ2n) is 7.99. The minimum Gasteiger partial charge on any atom is -0.496 e. The molecule has 0 spiro atoms. The normalized spacial score (nSPS) is 16.2. The van der Waals surface area contributed by atoms with Crippen molar-refractivity contribution in [2.45, 2.75) is 45.7 Å². The Kier molecular flexibility index (Phi) is 4.55. The number of para-hydroxylation sites is 1. The van der Waals surface area contributed by atoms with Gasteiger partial charge in [-0.25, -0.2) is 4.79 Å². The van der Waals surface area contributed by atoms with Crippen LogP contribution in [0.15, 0.2) is 39.5 Å². The van der Waals surface area contributed by atoms with Crippen LogP contribution in [0.1, 0.15) is 40.7 Å². The molecule has 1 aliphatic carbocycles. The van der Waals surface area contributed by atoms with Crippen molar-refractivity contribution < 1.29 is 13.9 Å². The summed E-state index contributed by atoms with van der Waals surface area (Å²) in [4.78, 5) is 14.7. The van der Waals surface area contributed by atoms with Crippen molar-refractivity contribution in [1.29, 1.82) is 0 Å². The molecule has 1 aromatic heterocycles. The molecule has 0 saturated carbocycles. The van der Waals surface area contributed by atoms with Crippen LogP contribution in [-0.4, -0.2) is 18.7 Å². The number of ether oxygens (including phenoxy) is 2. The second-order valence-corrected chi connectivity index (χ2v) is 7.99. The van der Waals surface area contributed by atoms with Gasteiger partial charge in [0.05, 0.1) is 7.11 Å². The largest absolute Gasteiger partial charge is 0.496 e. The van der Waals surface area contributed by atoms with Crippen molar-refractivity contribution in [2.75, 3.05) is 13.8 Å². The van der Waals surface area contributed by atoms with E-state index in [0.717, 1.165) is 77.9 Å². The SMILES string of the molecule is COc1ccccc1CN1COc2c(cc3c4c(c(=O)oc3c2C)CCCC4)C1. The molecule has 1 aliphatic heterocycles. The van der Waals surface area contributed by atoms with Crippen molar-refractivity contribution in [1.82, 2.24) is 4.90 Å². The first-order valence-electron chi connectivity index (χ1n) is 10.2. The number of methoxy groups -OCH3 is 1. The van der Waals surface area contributed by atoms with Crippen molar-refractivity contribution >= 4 is 11.0 Å². The number of hydrogen-bond donors (Lipinski definition) is 0. The van der Waals surface area contributed by atoms with E-state index in [2.05, 4.69) is 17.0 Å². The van der Waals surface area contributed by atoms with Crippen LogP contribution in [-0.2, 0) is 25.9 Å². The maximum Gasteiger partial charge on any atom is 0.339 e. The molecule has 0 fully saturated rings. The van der Waals surface area contributed by atoms with Gasteiger partial charge in [-0.1, -0.05) is 18.2 Å². The molecule has 3 aromatic rings. The third-order valence-corrected chi connectivity index (χ3v) is 6.14. The number of benzene rings is 2. The zero-order chi connectivity index (χ0) is 20.0. The Morgan fingerprint density at radius 2 is 1.93 bits per heavy atom. The first-order chi connectivity index (χ1) is 14.2. The smallest absolute Gasteiger partial charge is 0.339 e. The topological polar surface area (TPSA) is 51.9 Å².